The molecule has 3 aromatic rings. The molecule has 0 fully saturated rings. The average Bonchev–Trinajstić information content (AvgIpc) is 2.51. The van der Waals surface area contributed by atoms with Gasteiger partial charge in [0.15, 0.2) is 0 Å². The highest BCUT2D eigenvalue weighted by molar-refractivity contribution is 9.10. The molecular weight excluding hydrogens is 316 g/mol. The summed E-state index contributed by atoms with van der Waals surface area (Å²) in [5.74, 6) is 1.25. The fourth-order valence-corrected chi connectivity index (χ4v) is 2.14. The highest BCUT2D eigenvalue weighted by Crippen LogP contribution is 2.28. The third-order valence-electron chi connectivity index (χ3n) is 2.81. The number of rotatable bonds is 3. The van der Waals surface area contributed by atoms with E-state index in [0.29, 0.717) is 5.88 Å². The largest absolute Gasteiger partial charge is 0.438 e. The van der Waals surface area contributed by atoms with E-state index >= 15 is 0 Å². The zero-order valence-electron chi connectivity index (χ0n) is 10.5. The first-order valence-electron chi connectivity index (χ1n) is 6.12. The van der Waals surface area contributed by atoms with Crippen LogP contribution in [0.3, 0.4) is 0 Å². The topological polar surface area (TPSA) is 35.0 Å². The molecule has 3 nitrogen and oxygen atoms in total. The van der Waals surface area contributed by atoms with Gasteiger partial charge in [-0.3, -0.25) is 0 Å². The molecule has 0 saturated carbocycles. The van der Waals surface area contributed by atoms with Crippen LogP contribution in [0.2, 0.25) is 0 Å². The molecule has 0 N–H and O–H groups in total. The van der Waals surface area contributed by atoms with E-state index in [1.165, 1.54) is 11.9 Å². The Morgan fingerprint density at radius 2 is 1.55 bits per heavy atom. The van der Waals surface area contributed by atoms with Crippen LogP contribution in [0, 0.1) is 0 Å². The molecule has 0 saturated heterocycles. The van der Waals surface area contributed by atoms with Crippen LogP contribution in [0.4, 0.5) is 0 Å². The smallest absolute Gasteiger partial charge is 0.236 e. The van der Waals surface area contributed by atoms with Crippen LogP contribution in [-0.4, -0.2) is 9.97 Å². The molecule has 0 aliphatic rings. The lowest BCUT2D eigenvalue weighted by molar-refractivity contribution is 0.458. The summed E-state index contributed by atoms with van der Waals surface area (Å²) in [5.41, 5.74) is 2.34. The minimum atomic E-state index is 0.507. The van der Waals surface area contributed by atoms with Crippen molar-refractivity contribution in [3.63, 3.8) is 0 Å². The Balaban J connectivity index is 1.82. The zero-order valence-corrected chi connectivity index (χ0v) is 12.1. The van der Waals surface area contributed by atoms with Crippen molar-refractivity contribution in [3.8, 4) is 22.8 Å². The van der Waals surface area contributed by atoms with Gasteiger partial charge in [-0.2, -0.15) is 0 Å². The molecule has 3 rings (SSSR count). The Kier molecular flexibility index (Phi) is 3.74. The Labute approximate surface area is 125 Å². The third-order valence-corrected chi connectivity index (χ3v) is 3.35. The maximum absolute atomic E-state index is 5.70. The molecule has 0 radical (unpaired) electrons. The van der Waals surface area contributed by atoms with Crippen molar-refractivity contribution in [3.05, 3.63) is 71.6 Å². The lowest BCUT2D eigenvalue weighted by Crippen LogP contribution is -1.89. The molecule has 0 aliphatic carbocycles. The van der Waals surface area contributed by atoms with E-state index in [1.54, 1.807) is 6.20 Å². The van der Waals surface area contributed by atoms with Crippen LogP contribution in [0.1, 0.15) is 0 Å². The van der Waals surface area contributed by atoms with E-state index in [-0.39, 0.29) is 0 Å². The SMILES string of the molecule is Brc1cncnc1Oc1ccc(-c2ccccc2)cc1. The van der Waals surface area contributed by atoms with Crippen LogP contribution < -0.4 is 4.74 Å². The Hall–Kier alpha value is -2.20. The Morgan fingerprint density at radius 3 is 2.25 bits per heavy atom. The van der Waals surface area contributed by atoms with Crippen LogP contribution in [0.15, 0.2) is 71.6 Å². The molecule has 4 heteroatoms. The lowest BCUT2D eigenvalue weighted by atomic mass is 10.1. The van der Waals surface area contributed by atoms with E-state index in [4.69, 9.17) is 4.74 Å². The number of ether oxygens (including phenoxy) is 1. The summed E-state index contributed by atoms with van der Waals surface area (Å²) in [5, 5.41) is 0. The molecule has 2 aromatic carbocycles. The summed E-state index contributed by atoms with van der Waals surface area (Å²) >= 11 is 3.35. The second-order valence-corrected chi connectivity index (χ2v) is 5.02. The third kappa shape index (κ3) is 2.86. The fraction of sp³-hybridized carbons (Fsp3) is 0. The van der Waals surface area contributed by atoms with E-state index in [9.17, 15) is 0 Å². The maximum atomic E-state index is 5.70. The second-order valence-electron chi connectivity index (χ2n) is 4.17. The highest BCUT2D eigenvalue weighted by atomic mass is 79.9. The van der Waals surface area contributed by atoms with E-state index in [2.05, 4.69) is 38.0 Å². The van der Waals surface area contributed by atoms with Gasteiger partial charge in [-0.15, -0.1) is 0 Å². The summed E-state index contributed by atoms with van der Waals surface area (Å²) in [7, 11) is 0. The minimum absolute atomic E-state index is 0.507. The Morgan fingerprint density at radius 1 is 0.850 bits per heavy atom. The van der Waals surface area contributed by atoms with Crippen LogP contribution in [0.25, 0.3) is 11.1 Å². The maximum Gasteiger partial charge on any atom is 0.236 e. The molecule has 20 heavy (non-hydrogen) atoms. The number of hydrogen-bond acceptors (Lipinski definition) is 3. The number of nitrogens with zero attached hydrogens (tertiary/aromatic N) is 2. The van der Waals surface area contributed by atoms with Crippen molar-refractivity contribution < 1.29 is 4.74 Å². The average molecular weight is 327 g/mol. The van der Waals surface area contributed by atoms with Gasteiger partial charge in [0.1, 0.15) is 12.1 Å². The predicted octanol–water partition coefficient (Wildman–Crippen LogP) is 4.70. The molecule has 0 spiro atoms. The van der Waals surface area contributed by atoms with Gasteiger partial charge < -0.3 is 4.74 Å². The van der Waals surface area contributed by atoms with E-state index in [1.807, 2.05) is 42.5 Å². The summed E-state index contributed by atoms with van der Waals surface area (Å²) in [6, 6.07) is 18.1. The van der Waals surface area contributed by atoms with Gasteiger partial charge in [-0.25, -0.2) is 9.97 Å². The van der Waals surface area contributed by atoms with Crippen molar-refractivity contribution in [2.24, 2.45) is 0 Å². The van der Waals surface area contributed by atoms with Gasteiger partial charge in [0.05, 0.1) is 4.47 Å². The molecule has 1 aromatic heterocycles. The van der Waals surface area contributed by atoms with Gasteiger partial charge in [0.25, 0.3) is 0 Å². The molecule has 0 bridgehead atoms. The lowest BCUT2D eigenvalue weighted by Gasteiger charge is -2.07. The highest BCUT2D eigenvalue weighted by Gasteiger charge is 2.04. The summed E-state index contributed by atoms with van der Waals surface area (Å²) in [4.78, 5) is 7.98. The zero-order chi connectivity index (χ0) is 13.8. The quantitative estimate of drug-likeness (QED) is 0.699. The Bertz CT molecular complexity index is 699. The molecule has 1 heterocycles. The van der Waals surface area contributed by atoms with Gasteiger partial charge in [0, 0.05) is 6.20 Å². The number of benzene rings is 2. The molecule has 0 amide bonds. The van der Waals surface area contributed by atoms with Crippen molar-refractivity contribution in [1.29, 1.82) is 0 Å². The summed E-state index contributed by atoms with van der Waals surface area (Å²) in [6.07, 6.45) is 3.11. The van der Waals surface area contributed by atoms with Crippen molar-refractivity contribution in [2.45, 2.75) is 0 Å². The van der Waals surface area contributed by atoms with Crippen LogP contribution in [0.5, 0.6) is 11.6 Å². The monoisotopic (exact) mass is 326 g/mol. The predicted molar refractivity (Wildman–Crippen MR) is 81.7 cm³/mol. The number of aromatic nitrogens is 2. The first-order valence-corrected chi connectivity index (χ1v) is 6.91. The second kappa shape index (κ2) is 5.84. The summed E-state index contributed by atoms with van der Waals surface area (Å²) in [6.45, 7) is 0. The van der Waals surface area contributed by atoms with E-state index in [0.717, 1.165) is 15.8 Å². The fourth-order valence-electron chi connectivity index (χ4n) is 1.83. The first-order chi connectivity index (χ1) is 9.83. The summed E-state index contributed by atoms with van der Waals surface area (Å²) < 4.78 is 6.43. The minimum Gasteiger partial charge on any atom is -0.438 e. The van der Waals surface area contributed by atoms with Gasteiger partial charge in [0.2, 0.25) is 5.88 Å². The molecular formula is C16H11BrN2O. The van der Waals surface area contributed by atoms with Crippen LogP contribution >= 0.6 is 15.9 Å². The van der Waals surface area contributed by atoms with Gasteiger partial charge >= 0.3 is 0 Å². The standard InChI is InChI=1S/C16H11BrN2O/c17-15-10-18-11-19-16(15)20-14-8-6-13(7-9-14)12-4-2-1-3-5-12/h1-11H. The van der Waals surface area contributed by atoms with E-state index < -0.39 is 0 Å². The van der Waals surface area contributed by atoms with Crippen molar-refractivity contribution >= 4 is 15.9 Å². The molecule has 0 unspecified atom stereocenters. The van der Waals surface area contributed by atoms with Crippen LogP contribution in [-0.2, 0) is 0 Å². The number of hydrogen-bond donors (Lipinski definition) is 0. The molecule has 0 atom stereocenters. The normalized spacial score (nSPS) is 10.2. The van der Waals surface area contributed by atoms with Crippen molar-refractivity contribution in [1.82, 2.24) is 9.97 Å². The van der Waals surface area contributed by atoms with Crippen molar-refractivity contribution in [2.75, 3.05) is 0 Å². The first kappa shape index (κ1) is 12.8. The van der Waals surface area contributed by atoms with Gasteiger partial charge in [-0.1, -0.05) is 42.5 Å². The molecule has 98 valence electrons. The van der Waals surface area contributed by atoms with Gasteiger partial charge in [-0.05, 0) is 39.2 Å². The molecule has 0 aliphatic heterocycles. The number of halogens is 1.